The summed E-state index contributed by atoms with van der Waals surface area (Å²) >= 11 is 0. The van der Waals surface area contributed by atoms with E-state index >= 15 is 0 Å². The van der Waals surface area contributed by atoms with Crippen LogP contribution in [0.15, 0.2) is 0 Å². The van der Waals surface area contributed by atoms with Crippen LogP contribution < -0.4 is 5.32 Å². The van der Waals surface area contributed by atoms with Crippen molar-refractivity contribution in [3.63, 3.8) is 0 Å². The Hall–Kier alpha value is -0.248. The quantitative estimate of drug-likeness (QED) is 0.375. The molecule has 0 rings (SSSR count). The zero-order chi connectivity index (χ0) is 7.11. The fourth-order valence-corrected chi connectivity index (χ4v) is 0.257. The molecule has 0 bridgehead atoms. The van der Waals surface area contributed by atoms with Crippen LogP contribution in [0.1, 0.15) is 6.92 Å². The van der Waals surface area contributed by atoms with Crippen molar-refractivity contribution in [2.24, 2.45) is 0 Å². The van der Waals surface area contributed by atoms with Crippen molar-refractivity contribution in [2.75, 3.05) is 6.54 Å². The minimum atomic E-state index is -0.116. The summed E-state index contributed by atoms with van der Waals surface area (Å²) in [7, 11) is 0. The number of carbonyl (C=O) groups excluding carboxylic acids is 1. The van der Waals surface area contributed by atoms with Gasteiger partial charge in [0.1, 0.15) is 0 Å². The van der Waals surface area contributed by atoms with Crippen molar-refractivity contribution in [1.29, 1.82) is 5.41 Å². The molecule has 0 unspecified atom stereocenters. The number of carbonyl (C=O) groups is 1. The summed E-state index contributed by atoms with van der Waals surface area (Å²) in [5.41, 5.74) is 0. The third-order valence-electron chi connectivity index (χ3n) is 0.577. The fourth-order valence-electron chi connectivity index (χ4n) is 0.257. The molecule has 0 aromatic rings. The Kier molecular flexibility index (Phi) is 10.9. The average Bonchev–Trinajstić information content (AvgIpc) is 1.80. The van der Waals surface area contributed by atoms with Gasteiger partial charge in [0.15, 0.2) is 0 Å². The van der Waals surface area contributed by atoms with Crippen LogP contribution in [0.3, 0.4) is 0 Å². The molecule has 0 atom stereocenters. The maximum atomic E-state index is 10.2. The molecule has 0 saturated carbocycles. The molecule has 0 radical (unpaired) electrons. The van der Waals surface area contributed by atoms with E-state index in [2.05, 4.69) is 17.2 Å². The van der Waals surface area contributed by atoms with Gasteiger partial charge in [-0.3, -0.25) is 10.7 Å². The zero-order valence-electron chi connectivity index (χ0n) is 5.62. The number of amides is 1. The smallest absolute Gasteiger partial charge is 0.216 e. The minimum absolute atomic E-state index is 0. The van der Waals surface area contributed by atoms with Crippen LogP contribution in [0.25, 0.3) is 0 Å². The molecule has 0 aliphatic carbocycles. The number of rotatable bonds is 1. The molecular weight excluding hydrogens is 354 g/mol. The first-order valence-corrected chi connectivity index (χ1v) is 2.41. The van der Waals surface area contributed by atoms with Gasteiger partial charge in [-0.05, 0) is 6.54 Å². The molecular formula is C6H7N2OU-. The van der Waals surface area contributed by atoms with Crippen LogP contribution >= 0.6 is 0 Å². The Balaban J connectivity index is 0. The van der Waals surface area contributed by atoms with Crippen LogP contribution in [-0.2, 0) is 4.79 Å². The largest absolute Gasteiger partial charge is 0.403 e. The Morgan fingerprint density at radius 3 is 2.80 bits per heavy atom. The van der Waals surface area contributed by atoms with E-state index in [9.17, 15) is 4.79 Å². The molecule has 0 aliphatic rings. The van der Waals surface area contributed by atoms with E-state index in [0.717, 1.165) is 0 Å². The van der Waals surface area contributed by atoms with Gasteiger partial charge in [-0.25, -0.2) is 0 Å². The van der Waals surface area contributed by atoms with Crippen molar-refractivity contribution in [3.8, 4) is 11.8 Å². The topological polar surface area (TPSA) is 53.0 Å². The zero-order valence-corrected chi connectivity index (χ0v) is 9.78. The van der Waals surface area contributed by atoms with Gasteiger partial charge >= 0.3 is 0 Å². The van der Waals surface area contributed by atoms with Crippen LogP contribution in [0, 0.1) is 48.4 Å². The molecule has 3 nitrogen and oxygen atoms in total. The first-order chi connectivity index (χ1) is 4.27. The summed E-state index contributed by atoms with van der Waals surface area (Å²) in [5.74, 6) is 4.62. The van der Waals surface area contributed by atoms with Crippen molar-refractivity contribution < 1.29 is 35.9 Å². The van der Waals surface area contributed by atoms with Crippen LogP contribution in [-0.4, -0.2) is 18.7 Å². The number of hydrogen-bond acceptors (Lipinski definition) is 2. The van der Waals surface area contributed by atoms with Gasteiger partial charge in [-0.15, -0.1) is 6.21 Å². The monoisotopic (exact) mass is 361 g/mol. The van der Waals surface area contributed by atoms with Crippen molar-refractivity contribution >= 4 is 12.1 Å². The molecule has 52 valence electrons. The van der Waals surface area contributed by atoms with Gasteiger partial charge in [-0.1, -0.05) is 0 Å². The van der Waals surface area contributed by atoms with E-state index in [1.165, 1.54) is 6.92 Å². The summed E-state index contributed by atoms with van der Waals surface area (Å²) in [6.45, 7) is 1.71. The Morgan fingerprint density at radius 2 is 2.40 bits per heavy atom. The molecule has 0 spiro atoms. The van der Waals surface area contributed by atoms with Crippen molar-refractivity contribution in [1.82, 2.24) is 5.32 Å². The van der Waals surface area contributed by atoms with Gasteiger partial charge in [0.05, 0.1) is 0 Å². The summed E-state index contributed by atoms with van der Waals surface area (Å²) in [5, 5.41) is 8.80. The molecule has 0 saturated heterocycles. The standard InChI is InChI=1S/C6H7N2O.U/c1-6(9)8-5-3-2-4-7;/h7H,5H2,1H3,(H,8,9);/q-1;. The molecule has 0 aromatic carbocycles. The summed E-state index contributed by atoms with van der Waals surface area (Å²) < 4.78 is 0. The Bertz CT molecular complexity index is 168. The van der Waals surface area contributed by atoms with E-state index in [-0.39, 0.29) is 37.0 Å². The third-order valence-corrected chi connectivity index (χ3v) is 0.577. The average molecular weight is 361 g/mol. The van der Waals surface area contributed by atoms with Gasteiger partial charge in [0.2, 0.25) is 5.91 Å². The van der Waals surface area contributed by atoms with E-state index in [4.69, 9.17) is 5.41 Å². The molecule has 0 aromatic heterocycles. The first kappa shape index (κ1) is 12.4. The van der Waals surface area contributed by atoms with Crippen molar-refractivity contribution in [3.05, 3.63) is 0 Å². The first-order valence-electron chi connectivity index (χ1n) is 2.41. The van der Waals surface area contributed by atoms with E-state index in [0.29, 0.717) is 6.54 Å². The number of nitrogens with one attached hydrogen (secondary N) is 2. The molecule has 10 heavy (non-hydrogen) atoms. The van der Waals surface area contributed by atoms with Crippen LogP contribution in [0.4, 0.5) is 0 Å². The summed E-state index contributed by atoms with van der Waals surface area (Å²) in [6, 6.07) is 0. The van der Waals surface area contributed by atoms with Gasteiger partial charge in [0, 0.05) is 38.0 Å². The van der Waals surface area contributed by atoms with E-state index in [1.54, 1.807) is 0 Å². The molecule has 1 amide bonds. The molecule has 2 N–H and O–H groups in total. The summed E-state index contributed by atoms with van der Waals surface area (Å²) in [6.07, 6.45) is 1.88. The van der Waals surface area contributed by atoms with Crippen LogP contribution in [0.2, 0.25) is 0 Å². The predicted octanol–water partition coefficient (Wildman–Crippen LogP) is -0.348. The molecule has 4 heteroatoms. The fraction of sp³-hybridized carbons (Fsp3) is 0.333. The van der Waals surface area contributed by atoms with E-state index in [1.807, 2.05) is 6.21 Å². The third kappa shape index (κ3) is 10.7. The number of hydrogen-bond donors (Lipinski definition) is 2. The maximum absolute atomic E-state index is 10.2. The second-order valence-electron chi connectivity index (χ2n) is 1.34. The summed E-state index contributed by atoms with van der Waals surface area (Å²) in [4.78, 5) is 10.2. The second-order valence-corrected chi connectivity index (χ2v) is 1.34. The molecule has 0 aliphatic heterocycles. The van der Waals surface area contributed by atoms with E-state index < -0.39 is 0 Å². The molecule has 0 heterocycles. The molecule has 0 fully saturated rings. The minimum Gasteiger partial charge on any atom is -0.403 e. The second kappa shape index (κ2) is 8.75. The van der Waals surface area contributed by atoms with Crippen molar-refractivity contribution in [2.45, 2.75) is 6.92 Å². The van der Waals surface area contributed by atoms with Gasteiger partial charge in [-0.2, -0.15) is 0 Å². The maximum Gasteiger partial charge on any atom is 0.216 e. The van der Waals surface area contributed by atoms with Gasteiger partial charge < -0.3 is 16.6 Å². The SMILES string of the molecule is CC(=O)NCC#C[C-]=N.[U]. The normalized spacial score (nSPS) is 6.10. The van der Waals surface area contributed by atoms with Gasteiger partial charge in [0.25, 0.3) is 0 Å². The Labute approximate surface area is 83.8 Å². The van der Waals surface area contributed by atoms with Crippen LogP contribution in [0.5, 0.6) is 0 Å². The predicted molar refractivity (Wildman–Crippen MR) is 34.2 cm³/mol. The Morgan fingerprint density at radius 1 is 1.80 bits per heavy atom.